The minimum absolute atomic E-state index is 0.0114. The molecule has 2 aromatic heterocycles. The lowest BCUT2D eigenvalue weighted by atomic mass is 9.65. The zero-order valence-corrected chi connectivity index (χ0v) is 22.0. The molecule has 36 heavy (non-hydrogen) atoms. The van der Waals surface area contributed by atoms with Crippen molar-refractivity contribution < 1.29 is 9.53 Å². The minimum Gasteiger partial charge on any atom is -0.495 e. The van der Waals surface area contributed by atoms with E-state index in [0.29, 0.717) is 17.6 Å². The standard InChI is InChI=1S/C27H37N7O2/c1-6-27(10-9-18(27)2)34-22(25(35)32(3)4)15-19-17-29-26(31-24(19)34)30-20-7-8-21(23(16-20)36-5)33-13-11-28-12-14-33/h7-8,15-18,28H,6,9-14H2,1-5H3,(H,29,30,31)/t18-,27?/m1/s1. The quantitative estimate of drug-likeness (QED) is 0.519. The number of nitrogens with one attached hydrogen (secondary N) is 2. The van der Waals surface area contributed by atoms with E-state index in [9.17, 15) is 4.79 Å². The number of methoxy groups -OCH3 is 1. The van der Waals surface area contributed by atoms with E-state index >= 15 is 0 Å². The summed E-state index contributed by atoms with van der Waals surface area (Å²) in [6, 6.07) is 8.06. The van der Waals surface area contributed by atoms with Crippen molar-refractivity contribution in [3.8, 4) is 5.75 Å². The monoisotopic (exact) mass is 491 g/mol. The highest BCUT2D eigenvalue weighted by atomic mass is 16.5. The molecule has 1 unspecified atom stereocenters. The average molecular weight is 492 g/mol. The van der Waals surface area contributed by atoms with Gasteiger partial charge in [-0.15, -0.1) is 0 Å². The number of fused-ring (bicyclic) bond motifs is 1. The van der Waals surface area contributed by atoms with Gasteiger partial charge >= 0.3 is 0 Å². The summed E-state index contributed by atoms with van der Waals surface area (Å²) in [5.74, 6) is 1.78. The van der Waals surface area contributed by atoms with Gasteiger partial charge in [0.1, 0.15) is 17.1 Å². The second-order valence-electron chi connectivity index (χ2n) is 10.2. The molecule has 0 spiro atoms. The van der Waals surface area contributed by atoms with Gasteiger partial charge in [-0.3, -0.25) is 4.79 Å². The van der Waals surface area contributed by atoms with Gasteiger partial charge in [0.25, 0.3) is 5.91 Å². The summed E-state index contributed by atoms with van der Waals surface area (Å²) in [6.07, 6.45) is 4.95. The van der Waals surface area contributed by atoms with Gasteiger partial charge in [0.15, 0.2) is 0 Å². The van der Waals surface area contributed by atoms with Crippen molar-refractivity contribution in [1.82, 2.24) is 24.8 Å². The Morgan fingerprint density at radius 2 is 2.06 bits per heavy atom. The molecule has 9 heteroatoms. The van der Waals surface area contributed by atoms with Crippen LogP contribution in [0.2, 0.25) is 0 Å². The predicted octanol–water partition coefficient (Wildman–Crippen LogP) is 3.83. The first-order valence-corrected chi connectivity index (χ1v) is 12.9. The van der Waals surface area contributed by atoms with Crippen molar-refractivity contribution in [2.24, 2.45) is 5.92 Å². The molecule has 2 N–H and O–H groups in total. The van der Waals surface area contributed by atoms with Gasteiger partial charge in [0, 0.05) is 69.2 Å². The van der Waals surface area contributed by atoms with Gasteiger partial charge in [-0.1, -0.05) is 13.8 Å². The highest BCUT2D eigenvalue weighted by Gasteiger charge is 2.46. The van der Waals surface area contributed by atoms with Crippen LogP contribution >= 0.6 is 0 Å². The van der Waals surface area contributed by atoms with Crippen LogP contribution in [0.15, 0.2) is 30.5 Å². The Hall–Kier alpha value is -3.33. The lowest BCUT2D eigenvalue weighted by molar-refractivity contribution is 0.0488. The maximum atomic E-state index is 13.2. The van der Waals surface area contributed by atoms with Crippen molar-refractivity contribution in [2.45, 2.75) is 38.6 Å². The molecular weight excluding hydrogens is 454 g/mol. The number of carbonyl (C=O) groups is 1. The van der Waals surface area contributed by atoms with Crippen molar-refractivity contribution in [1.29, 1.82) is 0 Å². The zero-order chi connectivity index (χ0) is 25.4. The number of hydrogen-bond donors (Lipinski definition) is 2. The normalized spacial score (nSPS) is 21.8. The van der Waals surface area contributed by atoms with Crippen molar-refractivity contribution >= 4 is 34.3 Å². The number of carbonyl (C=O) groups excluding carboxylic acids is 1. The molecule has 1 saturated carbocycles. The molecule has 1 saturated heterocycles. The largest absolute Gasteiger partial charge is 0.495 e. The number of rotatable bonds is 7. The van der Waals surface area contributed by atoms with Crippen LogP contribution in [0.5, 0.6) is 5.75 Å². The van der Waals surface area contributed by atoms with E-state index in [2.05, 4.69) is 45.0 Å². The Bertz CT molecular complexity index is 1260. The summed E-state index contributed by atoms with van der Waals surface area (Å²) in [7, 11) is 5.29. The van der Waals surface area contributed by atoms with Crippen LogP contribution in [0.4, 0.5) is 17.3 Å². The Labute approximate surface area is 212 Å². The van der Waals surface area contributed by atoms with Gasteiger partial charge in [-0.2, -0.15) is 4.98 Å². The van der Waals surface area contributed by atoms with E-state index in [1.165, 1.54) is 0 Å². The van der Waals surface area contributed by atoms with Crippen LogP contribution in [0, 0.1) is 5.92 Å². The van der Waals surface area contributed by atoms with Gasteiger partial charge in [-0.25, -0.2) is 4.98 Å². The van der Waals surface area contributed by atoms with Gasteiger partial charge in [-0.05, 0) is 43.4 Å². The summed E-state index contributed by atoms with van der Waals surface area (Å²) in [5, 5.41) is 7.63. The first-order chi connectivity index (χ1) is 17.4. The van der Waals surface area contributed by atoms with Crippen molar-refractivity contribution in [3.63, 3.8) is 0 Å². The van der Waals surface area contributed by atoms with E-state index in [4.69, 9.17) is 9.72 Å². The number of nitrogens with zero attached hydrogens (tertiary/aromatic N) is 5. The molecule has 1 aliphatic heterocycles. The number of benzene rings is 1. The highest BCUT2D eigenvalue weighted by molar-refractivity contribution is 5.98. The van der Waals surface area contributed by atoms with Crippen LogP contribution in [-0.2, 0) is 5.54 Å². The number of aromatic nitrogens is 3. The third kappa shape index (κ3) is 4.05. The molecule has 2 aliphatic rings. The molecule has 0 radical (unpaired) electrons. The molecule has 3 aromatic rings. The molecule has 0 bridgehead atoms. The van der Waals surface area contributed by atoms with Crippen molar-refractivity contribution in [2.75, 3.05) is 57.6 Å². The Balaban J connectivity index is 1.52. The van der Waals surface area contributed by atoms with Crippen LogP contribution in [0.25, 0.3) is 11.0 Å². The Morgan fingerprint density at radius 1 is 1.28 bits per heavy atom. The minimum atomic E-state index is -0.109. The van der Waals surface area contributed by atoms with Crippen LogP contribution in [0.1, 0.15) is 43.6 Å². The molecule has 2 fully saturated rings. The van der Waals surface area contributed by atoms with Gasteiger partial charge in [0.2, 0.25) is 5.95 Å². The molecule has 1 aliphatic carbocycles. The van der Waals surface area contributed by atoms with Crippen LogP contribution in [-0.4, -0.2) is 72.7 Å². The fraction of sp³-hybridized carbons (Fsp3) is 0.519. The van der Waals surface area contributed by atoms with Gasteiger partial charge in [0.05, 0.1) is 12.8 Å². The van der Waals surface area contributed by atoms with Gasteiger partial charge < -0.3 is 29.7 Å². The Kier molecular flexibility index (Phi) is 6.51. The number of hydrogen-bond acceptors (Lipinski definition) is 7. The topological polar surface area (TPSA) is 87.6 Å². The lowest BCUT2D eigenvalue weighted by Crippen LogP contribution is -2.49. The SMILES string of the molecule is CCC1(n2c(C(=O)N(C)C)cc3cnc(Nc4ccc(N5CCNCC5)c(OC)c4)nc32)CC[C@H]1C. The molecule has 9 nitrogen and oxygen atoms in total. The lowest BCUT2D eigenvalue weighted by Gasteiger charge is -2.50. The molecular formula is C27H37N7O2. The third-order valence-corrected chi connectivity index (χ3v) is 8.04. The number of piperazine rings is 1. The van der Waals surface area contributed by atoms with E-state index in [0.717, 1.165) is 73.6 Å². The molecule has 2 atom stereocenters. The molecule has 5 rings (SSSR count). The summed E-state index contributed by atoms with van der Waals surface area (Å²) in [4.78, 5) is 26.7. The summed E-state index contributed by atoms with van der Waals surface area (Å²) in [6.45, 7) is 8.31. The molecule has 1 aromatic carbocycles. The first kappa shape index (κ1) is 24.4. The fourth-order valence-electron chi connectivity index (χ4n) is 5.72. The van der Waals surface area contributed by atoms with E-state index in [1.807, 2.05) is 24.4 Å². The predicted molar refractivity (Wildman–Crippen MR) is 144 cm³/mol. The maximum Gasteiger partial charge on any atom is 0.270 e. The Morgan fingerprint density at radius 3 is 2.67 bits per heavy atom. The molecule has 3 heterocycles. The van der Waals surface area contributed by atoms with E-state index < -0.39 is 0 Å². The second-order valence-corrected chi connectivity index (χ2v) is 10.2. The first-order valence-electron chi connectivity index (χ1n) is 12.9. The van der Waals surface area contributed by atoms with E-state index in [1.54, 1.807) is 26.1 Å². The van der Waals surface area contributed by atoms with Crippen LogP contribution in [0.3, 0.4) is 0 Å². The fourth-order valence-corrected chi connectivity index (χ4v) is 5.72. The smallest absolute Gasteiger partial charge is 0.270 e. The highest BCUT2D eigenvalue weighted by Crippen LogP contribution is 2.49. The molecule has 192 valence electrons. The molecule has 1 amide bonds. The summed E-state index contributed by atoms with van der Waals surface area (Å²) >= 11 is 0. The second kappa shape index (κ2) is 9.61. The average Bonchev–Trinajstić information content (AvgIpc) is 3.27. The number of ether oxygens (including phenoxy) is 1. The van der Waals surface area contributed by atoms with Crippen LogP contribution < -0.4 is 20.3 Å². The zero-order valence-electron chi connectivity index (χ0n) is 22.0. The summed E-state index contributed by atoms with van der Waals surface area (Å²) in [5.41, 5.74) is 3.32. The summed E-state index contributed by atoms with van der Waals surface area (Å²) < 4.78 is 7.92. The van der Waals surface area contributed by atoms with Crippen molar-refractivity contribution in [3.05, 3.63) is 36.2 Å². The number of amides is 1. The van der Waals surface area contributed by atoms with E-state index in [-0.39, 0.29) is 11.4 Å². The third-order valence-electron chi connectivity index (χ3n) is 8.04. The number of anilines is 3. The maximum absolute atomic E-state index is 13.2.